The summed E-state index contributed by atoms with van der Waals surface area (Å²) in [5.41, 5.74) is 5.06. The molecule has 0 aromatic carbocycles. The molecule has 4 aliphatic rings. The number of nitrogens with zero attached hydrogens (tertiary/aromatic N) is 1. The summed E-state index contributed by atoms with van der Waals surface area (Å²) in [7, 11) is 0. The van der Waals surface area contributed by atoms with Gasteiger partial charge in [0.25, 0.3) is 0 Å². The van der Waals surface area contributed by atoms with Crippen LogP contribution in [0.4, 0.5) is 0 Å². The summed E-state index contributed by atoms with van der Waals surface area (Å²) in [6.45, 7) is 5.70. The fraction of sp³-hybridized carbons (Fsp3) is 0.875. The van der Waals surface area contributed by atoms with Gasteiger partial charge in [0.05, 0.1) is 17.9 Å². The number of fused-ring (bicyclic) bond motifs is 5. The highest BCUT2D eigenvalue weighted by Crippen LogP contribution is 2.69. The molecule has 0 bridgehead atoms. The average Bonchev–Trinajstić information content (AvgIpc) is 2.96. The second kappa shape index (κ2) is 7.97. The number of nitrogens with two attached hydrogens (primary N) is 1. The van der Waals surface area contributed by atoms with Crippen molar-refractivity contribution in [3.05, 3.63) is 12.2 Å². The lowest BCUT2D eigenvalue weighted by molar-refractivity contribution is -0.207. The predicted octanol–water partition coefficient (Wildman–Crippen LogP) is 3.64. The molecule has 0 radical (unpaired) electrons. The zero-order valence-corrected chi connectivity index (χ0v) is 18.2. The van der Waals surface area contributed by atoms with Crippen LogP contribution < -0.4 is 5.73 Å². The molecule has 8 atom stereocenters. The third-order valence-electron chi connectivity index (χ3n) is 9.67. The maximum Gasteiger partial charge on any atom is 0.129 e. The van der Waals surface area contributed by atoms with Crippen LogP contribution in [-0.2, 0) is 4.84 Å². The molecule has 5 nitrogen and oxygen atoms in total. The molecule has 0 saturated heterocycles. The van der Waals surface area contributed by atoms with E-state index in [9.17, 15) is 10.2 Å². The summed E-state index contributed by atoms with van der Waals surface area (Å²) < 4.78 is 0. The van der Waals surface area contributed by atoms with Gasteiger partial charge in [0.2, 0.25) is 0 Å². The first kappa shape index (κ1) is 21.3. The van der Waals surface area contributed by atoms with Gasteiger partial charge in [-0.05, 0) is 93.0 Å². The minimum Gasteiger partial charge on any atom is -0.394 e. The van der Waals surface area contributed by atoms with Crippen LogP contribution in [0.2, 0.25) is 0 Å². The van der Waals surface area contributed by atoms with Gasteiger partial charge in [-0.25, -0.2) is 0 Å². The van der Waals surface area contributed by atoms with Gasteiger partial charge in [0.1, 0.15) is 6.61 Å². The van der Waals surface area contributed by atoms with Crippen molar-refractivity contribution in [3.63, 3.8) is 0 Å². The minimum absolute atomic E-state index is 0.0615. The van der Waals surface area contributed by atoms with Crippen molar-refractivity contribution in [2.75, 3.05) is 13.2 Å². The topological polar surface area (TPSA) is 88.1 Å². The molecule has 0 aromatic heterocycles. The van der Waals surface area contributed by atoms with Crippen LogP contribution in [0.5, 0.6) is 0 Å². The first-order valence-corrected chi connectivity index (χ1v) is 11.8. The van der Waals surface area contributed by atoms with Crippen molar-refractivity contribution in [2.24, 2.45) is 45.4 Å². The SMILES string of the molecule is C[C@]12CC[C@H](O)C[C@H]1CC[C@@H]1[C@@H]2CC[C@]2(C)[C@@H](/C=C/C=N/OCCN)CC[C@]12O. The van der Waals surface area contributed by atoms with Crippen molar-refractivity contribution in [1.82, 2.24) is 0 Å². The lowest BCUT2D eigenvalue weighted by atomic mass is 9.43. The molecule has 0 unspecified atom stereocenters. The highest BCUT2D eigenvalue weighted by molar-refractivity contribution is 5.70. The lowest BCUT2D eigenvalue weighted by Gasteiger charge is -2.63. The monoisotopic (exact) mass is 404 g/mol. The highest BCUT2D eigenvalue weighted by Gasteiger charge is 2.66. The minimum atomic E-state index is -0.567. The molecule has 29 heavy (non-hydrogen) atoms. The van der Waals surface area contributed by atoms with Gasteiger partial charge in [0.15, 0.2) is 0 Å². The smallest absolute Gasteiger partial charge is 0.129 e. The maximum absolute atomic E-state index is 12.1. The number of aliphatic hydroxyl groups is 2. The average molecular weight is 405 g/mol. The van der Waals surface area contributed by atoms with Crippen LogP contribution >= 0.6 is 0 Å². The molecule has 4 saturated carbocycles. The van der Waals surface area contributed by atoms with Crippen LogP contribution in [-0.4, -0.2) is 41.3 Å². The van der Waals surface area contributed by atoms with Crippen molar-refractivity contribution < 1.29 is 15.1 Å². The van der Waals surface area contributed by atoms with Crippen LogP contribution in [0.1, 0.15) is 71.6 Å². The summed E-state index contributed by atoms with van der Waals surface area (Å²) in [6.07, 6.45) is 15.4. The Hall–Kier alpha value is -0.910. The van der Waals surface area contributed by atoms with Gasteiger partial charge in [0, 0.05) is 12.0 Å². The number of allylic oxidation sites excluding steroid dienone is 2. The van der Waals surface area contributed by atoms with E-state index >= 15 is 0 Å². The molecule has 4 aliphatic carbocycles. The predicted molar refractivity (Wildman–Crippen MR) is 115 cm³/mol. The van der Waals surface area contributed by atoms with E-state index < -0.39 is 5.60 Å². The zero-order chi connectivity index (χ0) is 20.7. The molecular weight excluding hydrogens is 364 g/mol. The molecule has 164 valence electrons. The molecule has 0 amide bonds. The fourth-order valence-electron chi connectivity index (χ4n) is 7.92. The second-order valence-corrected chi connectivity index (χ2v) is 10.7. The van der Waals surface area contributed by atoms with E-state index in [2.05, 4.69) is 25.1 Å². The standard InChI is InChI=1S/C24H40N2O3/c1-22-10-8-19(27)16-18(22)5-6-21-20(22)9-11-23(2)17(7-12-24(21,23)28)4-3-14-26-29-15-13-25/h3-4,14,17-21,27-28H,5-13,15-16,25H2,1-2H3/b4-3+,26-14+/t17-,18+,19-,20-,21+,22-,23+,24-/m0/s1. The Morgan fingerprint density at radius 3 is 2.69 bits per heavy atom. The Balaban J connectivity index is 1.51. The molecule has 4 fully saturated rings. The molecule has 0 spiro atoms. The van der Waals surface area contributed by atoms with Gasteiger partial charge in [-0.15, -0.1) is 0 Å². The Morgan fingerprint density at radius 2 is 1.90 bits per heavy atom. The van der Waals surface area contributed by atoms with E-state index in [0.29, 0.717) is 42.2 Å². The summed E-state index contributed by atoms with van der Waals surface area (Å²) >= 11 is 0. The zero-order valence-electron chi connectivity index (χ0n) is 18.2. The van der Waals surface area contributed by atoms with Gasteiger partial charge < -0.3 is 20.8 Å². The maximum atomic E-state index is 12.1. The van der Waals surface area contributed by atoms with Gasteiger partial charge in [-0.1, -0.05) is 25.1 Å². The van der Waals surface area contributed by atoms with E-state index in [1.54, 1.807) is 6.21 Å². The van der Waals surface area contributed by atoms with Crippen LogP contribution in [0.15, 0.2) is 17.3 Å². The number of hydrogen-bond donors (Lipinski definition) is 3. The van der Waals surface area contributed by atoms with Gasteiger partial charge in [-0.3, -0.25) is 0 Å². The highest BCUT2D eigenvalue weighted by atomic mass is 16.6. The van der Waals surface area contributed by atoms with Crippen molar-refractivity contribution in [3.8, 4) is 0 Å². The van der Waals surface area contributed by atoms with E-state index in [-0.39, 0.29) is 11.5 Å². The Bertz CT molecular complexity index is 652. The molecule has 4 N–H and O–H groups in total. The van der Waals surface area contributed by atoms with Crippen molar-refractivity contribution in [1.29, 1.82) is 0 Å². The van der Waals surface area contributed by atoms with Crippen LogP contribution in [0.25, 0.3) is 0 Å². The second-order valence-electron chi connectivity index (χ2n) is 10.7. The lowest BCUT2D eigenvalue weighted by Crippen LogP contribution is -2.62. The van der Waals surface area contributed by atoms with Gasteiger partial charge >= 0.3 is 0 Å². The summed E-state index contributed by atoms with van der Waals surface area (Å²) in [5.74, 6) is 2.01. The van der Waals surface area contributed by atoms with E-state index in [1.807, 2.05) is 6.08 Å². The third kappa shape index (κ3) is 3.37. The number of oxime groups is 1. The first-order valence-electron chi connectivity index (χ1n) is 11.8. The van der Waals surface area contributed by atoms with E-state index in [4.69, 9.17) is 10.6 Å². The molecular formula is C24H40N2O3. The van der Waals surface area contributed by atoms with Crippen LogP contribution in [0.3, 0.4) is 0 Å². The summed E-state index contributed by atoms with van der Waals surface area (Å²) in [6, 6.07) is 0. The molecule has 0 heterocycles. The van der Waals surface area contributed by atoms with E-state index in [0.717, 1.165) is 44.9 Å². The number of hydrogen-bond acceptors (Lipinski definition) is 5. The Kier molecular flexibility index (Phi) is 5.86. The van der Waals surface area contributed by atoms with Crippen LogP contribution in [0, 0.1) is 34.5 Å². The quantitative estimate of drug-likeness (QED) is 0.371. The van der Waals surface area contributed by atoms with Gasteiger partial charge in [-0.2, -0.15) is 0 Å². The largest absolute Gasteiger partial charge is 0.394 e. The Morgan fingerprint density at radius 1 is 1.07 bits per heavy atom. The third-order valence-corrected chi connectivity index (χ3v) is 9.67. The molecule has 0 aliphatic heterocycles. The summed E-state index contributed by atoms with van der Waals surface area (Å²) in [5, 5.41) is 26.2. The van der Waals surface area contributed by atoms with Crippen molar-refractivity contribution >= 4 is 6.21 Å². The molecule has 0 aromatic rings. The summed E-state index contributed by atoms with van der Waals surface area (Å²) in [4.78, 5) is 5.06. The molecule has 4 rings (SSSR count). The van der Waals surface area contributed by atoms with Crippen molar-refractivity contribution in [2.45, 2.75) is 83.3 Å². The fourth-order valence-corrected chi connectivity index (χ4v) is 7.92. The molecule has 5 heteroatoms. The Labute approximate surface area is 175 Å². The number of rotatable bonds is 5. The normalized spacial score (nSPS) is 49.8. The first-order chi connectivity index (χ1) is 13.8. The number of aliphatic hydroxyl groups excluding tert-OH is 1. The van der Waals surface area contributed by atoms with E-state index in [1.165, 1.54) is 12.8 Å².